The summed E-state index contributed by atoms with van der Waals surface area (Å²) in [4.78, 5) is 28.3. The predicted octanol–water partition coefficient (Wildman–Crippen LogP) is 0.0818. The average molecular weight is 297 g/mol. The molecule has 0 aromatic carbocycles. The van der Waals surface area contributed by atoms with Crippen LogP contribution in [-0.4, -0.2) is 73.6 Å². The highest BCUT2D eigenvalue weighted by Crippen LogP contribution is 2.18. The van der Waals surface area contributed by atoms with Crippen LogP contribution in [0.25, 0.3) is 0 Å². The van der Waals surface area contributed by atoms with Gasteiger partial charge >= 0.3 is 5.97 Å². The molecular formula is C15H27N3O3. The molecule has 0 aromatic heterocycles. The number of nitrogens with zero attached hydrogens (tertiary/aromatic N) is 2. The summed E-state index contributed by atoms with van der Waals surface area (Å²) >= 11 is 0. The van der Waals surface area contributed by atoms with Gasteiger partial charge in [-0.2, -0.15) is 0 Å². The Morgan fingerprint density at radius 2 is 2.10 bits per heavy atom. The van der Waals surface area contributed by atoms with Crippen LogP contribution in [0.5, 0.6) is 0 Å². The minimum atomic E-state index is -0.161. The van der Waals surface area contributed by atoms with Crippen LogP contribution in [0.2, 0.25) is 0 Å². The smallest absolute Gasteiger partial charge is 0.310 e. The van der Waals surface area contributed by atoms with Crippen molar-refractivity contribution < 1.29 is 14.3 Å². The molecule has 0 radical (unpaired) electrons. The lowest BCUT2D eigenvalue weighted by molar-refractivity contribution is -0.151. The number of hydrogen-bond acceptors (Lipinski definition) is 5. The number of esters is 1. The predicted molar refractivity (Wildman–Crippen MR) is 79.8 cm³/mol. The van der Waals surface area contributed by atoms with Gasteiger partial charge in [-0.3, -0.25) is 14.5 Å². The Kier molecular flexibility index (Phi) is 5.99. The summed E-state index contributed by atoms with van der Waals surface area (Å²) in [5.41, 5.74) is 0. The van der Waals surface area contributed by atoms with Gasteiger partial charge in [0.25, 0.3) is 0 Å². The van der Waals surface area contributed by atoms with Gasteiger partial charge < -0.3 is 15.0 Å². The minimum Gasteiger partial charge on any atom is -0.466 e. The van der Waals surface area contributed by atoms with Gasteiger partial charge in [0.05, 0.1) is 19.1 Å². The highest BCUT2D eigenvalue weighted by atomic mass is 16.5. The van der Waals surface area contributed by atoms with Crippen LogP contribution in [0.1, 0.15) is 26.7 Å². The largest absolute Gasteiger partial charge is 0.466 e. The molecule has 2 unspecified atom stereocenters. The Balaban J connectivity index is 1.82. The lowest BCUT2D eigenvalue weighted by atomic mass is 9.98. The van der Waals surface area contributed by atoms with E-state index in [1.54, 1.807) is 0 Å². The molecule has 2 aliphatic heterocycles. The fourth-order valence-electron chi connectivity index (χ4n) is 3.10. The zero-order valence-electron chi connectivity index (χ0n) is 13.1. The molecule has 1 N–H and O–H groups in total. The van der Waals surface area contributed by atoms with E-state index in [1.807, 2.05) is 11.8 Å². The number of ether oxygens (including phenoxy) is 1. The Labute approximate surface area is 126 Å². The molecule has 120 valence electrons. The highest BCUT2D eigenvalue weighted by Gasteiger charge is 2.30. The molecule has 1 amide bonds. The van der Waals surface area contributed by atoms with E-state index in [2.05, 4.69) is 17.1 Å². The minimum absolute atomic E-state index is 0.137. The van der Waals surface area contributed by atoms with E-state index in [4.69, 9.17) is 4.74 Å². The van der Waals surface area contributed by atoms with E-state index in [0.29, 0.717) is 25.7 Å². The Hall–Kier alpha value is -1.14. The lowest BCUT2D eigenvalue weighted by Crippen LogP contribution is -2.53. The van der Waals surface area contributed by atoms with Crippen molar-refractivity contribution >= 4 is 11.9 Å². The number of hydrogen-bond donors (Lipinski definition) is 1. The monoisotopic (exact) mass is 297 g/mol. The maximum Gasteiger partial charge on any atom is 0.310 e. The summed E-state index contributed by atoms with van der Waals surface area (Å²) in [5, 5.41) is 3.37. The molecule has 2 fully saturated rings. The summed E-state index contributed by atoms with van der Waals surface area (Å²) in [6, 6.07) is 0.431. The second-order valence-corrected chi connectivity index (χ2v) is 6.02. The highest BCUT2D eigenvalue weighted by molar-refractivity contribution is 5.80. The normalized spacial score (nSPS) is 27.4. The molecule has 0 spiro atoms. The fourth-order valence-corrected chi connectivity index (χ4v) is 3.10. The summed E-state index contributed by atoms with van der Waals surface area (Å²) < 4.78 is 5.08. The van der Waals surface area contributed by atoms with Crippen LogP contribution >= 0.6 is 0 Å². The topological polar surface area (TPSA) is 61.9 Å². The van der Waals surface area contributed by atoms with Crippen LogP contribution in [0, 0.1) is 5.92 Å². The van der Waals surface area contributed by atoms with E-state index >= 15 is 0 Å². The van der Waals surface area contributed by atoms with Crippen molar-refractivity contribution in [3.8, 4) is 0 Å². The van der Waals surface area contributed by atoms with Crippen LogP contribution in [0.15, 0.2) is 0 Å². The first-order valence-electron chi connectivity index (χ1n) is 8.00. The Bertz CT molecular complexity index is 375. The number of piperidine rings is 1. The molecule has 6 heteroatoms. The molecule has 21 heavy (non-hydrogen) atoms. The molecule has 2 atom stereocenters. The average Bonchev–Trinajstić information content (AvgIpc) is 2.47. The molecule has 2 rings (SSSR count). The number of amides is 1. The van der Waals surface area contributed by atoms with E-state index in [1.165, 1.54) is 0 Å². The molecular weight excluding hydrogens is 270 g/mol. The third-order valence-electron chi connectivity index (χ3n) is 4.21. The first-order chi connectivity index (χ1) is 10.1. The van der Waals surface area contributed by atoms with Gasteiger partial charge in [0, 0.05) is 38.8 Å². The van der Waals surface area contributed by atoms with E-state index in [-0.39, 0.29) is 17.8 Å². The number of piperazine rings is 1. The molecule has 2 saturated heterocycles. The standard InChI is InChI=1S/C15H27N3O3/c1-3-21-15(20)13-5-4-7-18(10-13)14(19)11-17-8-6-16-12(2)9-17/h12-13,16H,3-11H2,1-2H3. The molecule has 0 bridgehead atoms. The molecule has 2 heterocycles. The van der Waals surface area contributed by atoms with E-state index in [0.717, 1.165) is 39.0 Å². The maximum absolute atomic E-state index is 12.4. The third-order valence-corrected chi connectivity index (χ3v) is 4.21. The second-order valence-electron chi connectivity index (χ2n) is 6.02. The Morgan fingerprint density at radius 1 is 1.29 bits per heavy atom. The number of rotatable bonds is 4. The first-order valence-corrected chi connectivity index (χ1v) is 8.00. The molecule has 6 nitrogen and oxygen atoms in total. The molecule has 2 aliphatic rings. The van der Waals surface area contributed by atoms with Crippen LogP contribution in [-0.2, 0) is 14.3 Å². The van der Waals surface area contributed by atoms with Gasteiger partial charge in [0.2, 0.25) is 5.91 Å². The van der Waals surface area contributed by atoms with Crippen molar-refractivity contribution in [3.63, 3.8) is 0 Å². The quantitative estimate of drug-likeness (QED) is 0.745. The lowest BCUT2D eigenvalue weighted by Gasteiger charge is -2.35. The SMILES string of the molecule is CCOC(=O)C1CCCN(C(=O)CN2CCNC(C)C2)C1. The summed E-state index contributed by atoms with van der Waals surface area (Å²) in [6.45, 7) is 8.83. The summed E-state index contributed by atoms with van der Waals surface area (Å²) in [7, 11) is 0. The Morgan fingerprint density at radius 3 is 2.81 bits per heavy atom. The van der Waals surface area contributed by atoms with E-state index in [9.17, 15) is 9.59 Å². The number of likely N-dealkylation sites (tertiary alicyclic amines) is 1. The van der Waals surface area contributed by atoms with Crippen molar-refractivity contribution in [2.45, 2.75) is 32.7 Å². The van der Waals surface area contributed by atoms with Gasteiger partial charge in [-0.15, -0.1) is 0 Å². The summed E-state index contributed by atoms with van der Waals surface area (Å²) in [6.07, 6.45) is 1.71. The van der Waals surface area contributed by atoms with Crippen LogP contribution < -0.4 is 5.32 Å². The molecule has 0 saturated carbocycles. The van der Waals surface area contributed by atoms with Gasteiger partial charge in [-0.25, -0.2) is 0 Å². The van der Waals surface area contributed by atoms with Gasteiger partial charge in [0.1, 0.15) is 0 Å². The second kappa shape index (κ2) is 7.75. The van der Waals surface area contributed by atoms with Crippen molar-refractivity contribution in [2.24, 2.45) is 5.92 Å². The van der Waals surface area contributed by atoms with E-state index < -0.39 is 0 Å². The van der Waals surface area contributed by atoms with Crippen molar-refractivity contribution in [2.75, 3.05) is 45.9 Å². The summed E-state index contributed by atoms with van der Waals surface area (Å²) in [5.74, 6) is -0.173. The van der Waals surface area contributed by atoms with Crippen LogP contribution in [0.3, 0.4) is 0 Å². The zero-order valence-corrected chi connectivity index (χ0v) is 13.1. The van der Waals surface area contributed by atoms with Crippen LogP contribution in [0.4, 0.5) is 0 Å². The number of nitrogens with one attached hydrogen (secondary N) is 1. The molecule has 0 aromatic rings. The zero-order chi connectivity index (χ0) is 15.2. The third kappa shape index (κ3) is 4.68. The van der Waals surface area contributed by atoms with Gasteiger partial charge in [-0.1, -0.05) is 0 Å². The number of carbonyl (C=O) groups excluding carboxylic acids is 2. The number of carbonyl (C=O) groups is 2. The van der Waals surface area contributed by atoms with Gasteiger partial charge in [-0.05, 0) is 26.7 Å². The van der Waals surface area contributed by atoms with Gasteiger partial charge in [0.15, 0.2) is 0 Å². The van der Waals surface area contributed by atoms with Crippen molar-refractivity contribution in [1.82, 2.24) is 15.1 Å². The maximum atomic E-state index is 12.4. The van der Waals surface area contributed by atoms with Crippen molar-refractivity contribution in [3.05, 3.63) is 0 Å². The fraction of sp³-hybridized carbons (Fsp3) is 0.867. The molecule has 0 aliphatic carbocycles. The first kappa shape index (κ1) is 16.2. The van der Waals surface area contributed by atoms with Crippen molar-refractivity contribution in [1.29, 1.82) is 0 Å².